The lowest BCUT2D eigenvalue weighted by atomic mass is 10.1. The van der Waals surface area contributed by atoms with Gasteiger partial charge in [0.1, 0.15) is 0 Å². The Morgan fingerprint density at radius 3 is 3.07 bits per heavy atom. The van der Waals surface area contributed by atoms with Gasteiger partial charge < -0.3 is 11.1 Å². The maximum absolute atomic E-state index is 11.2. The van der Waals surface area contributed by atoms with Crippen LogP contribution in [0.25, 0.3) is 0 Å². The summed E-state index contributed by atoms with van der Waals surface area (Å²) in [4.78, 5) is 12.5. The van der Waals surface area contributed by atoms with E-state index in [0.29, 0.717) is 18.9 Å². The molecule has 1 amide bonds. The minimum atomic E-state index is 0.0514. The van der Waals surface area contributed by atoms with Gasteiger partial charge in [-0.2, -0.15) is 0 Å². The third kappa shape index (κ3) is 4.95. The van der Waals surface area contributed by atoms with E-state index in [4.69, 9.17) is 5.73 Å². The standard InChI is InChI=1S/C11H18N2OS/c1-9(7-10-3-2-6-15-10)8-13-11(14)4-5-12/h2-3,6,9H,4-5,7-8,12H2,1H3,(H,13,14). The molecule has 15 heavy (non-hydrogen) atoms. The lowest BCUT2D eigenvalue weighted by Gasteiger charge is -2.11. The van der Waals surface area contributed by atoms with E-state index in [1.165, 1.54) is 4.88 Å². The van der Waals surface area contributed by atoms with Gasteiger partial charge in [-0.1, -0.05) is 13.0 Å². The number of hydrogen-bond acceptors (Lipinski definition) is 3. The molecule has 1 heterocycles. The number of thiophene rings is 1. The van der Waals surface area contributed by atoms with Crippen molar-refractivity contribution in [2.75, 3.05) is 13.1 Å². The second-order valence-electron chi connectivity index (χ2n) is 3.73. The van der Waals surface area contributed by atoms with Crippen LogP contribution in [0.5, 0.6) is 0 Å². The molecule has 3 N–H and O–H groups in total. The summed E-state index contributed by atoms with van der Waals surface area (Å²) in [5.41, 5.74) is 5.29. The Balaban J connectivity index is 2.19. The number of carbonyl (C=O) groups is 1. The molecule has 1 aromatic rings. The first kappa shape index (κ1) is 12.2. The van der Waals surface area contributed by atoms with E-state index < -0.39 is 0 Å². The first-order chi connectivity index (χ1) is 7.22. The summed E-state index contributed by atoms with van der Waals surface area (Å²) in [6.07, 6.45) is 1.45. The SMILES string of the molecule is CC(CNC(=O)CCN)Cc1cccs1. The fourth-order valence-electron chi connectivity index (χ4n) is 1.35. The minimum absolute atomic E-state index is 0.0514. The van der Waals surface area contributed by atoms with Crippen molar-refractivity contribution >= 4 is 17.2 Å². The monoisotopic (exact) mass is 226 g/mol. The molecule has 0 saturated carbocycles. The molecule has 1 aromatic heterocycles. The molecule has 1 unspecified atom stereocenters. The van der Waals surface area contributed by atoms with Crippen molar-refractivity contribution < 1.29 is 4.79 Å². The van der Waals surface area contributed by atoms with Gasteiger partial charge >= 0.3 is 0 Å². The summed E-state index contributed by atoms with van der Waals surface area (Å²) < 4.78 is 0. The molecule has 0 saturated heterocycles. The van der Waals surface area contributed by atoms with Gasteiger partial charge in [0.05, 0.1) is 0 Å². The molecule has 0 spiro atoms. The van der Waals surface area contributed by atoms with Crippen molar-refractivity contribution in [3.8, 4) is 0 Å². The Morgan fingerprint density at radius 1 is 1.67 bits per heavy atom. The number of nitrogens with one attached hydrogen (secondary N) is 1. The van der Waals surface area contributed by atoms with Gasteiger partial charge in [0.2, 0.25) is 5.91 Å². The first-order valence-corrected chi connectivity index (χ1v) is 6.09. The Hall–Kier alpha value is -0.870. The van der Waals surface area contributed by atoms with E-state index in [1.54, 1.807) is 11.3 Å². The number of rotatable bonds is 6. The molecular weight excluding hydrogens is 208 g/mol. The average Bonchev–Trinajstić information content (AvgIpc) is 2.68. The van der Waals surface area contributed by atoms with Crippen LogP contribution in [0.1, 0.15) is 18.2 Å². The zero-order valence-electron chi connectivity index (χ0n) is 9.03. The van der Waals surface area contributed by atoms with Crippen molar-refractivity contribution in [3.63, 3.8) is 0 Å². The maximum atomic E-state index is 11.2. The van der Waals surface area contributed by atoms with Crippen LogP contribution in [0.2, 0.25) is 0 Å². The molecule has 0 bridgehead atoms. The van der Waals surface area contributed by atoms with Crippen LogP contribution in [0, 0.1) is 5.92 Å². The molecule has 0 aliphatic carbocycles. The van der Waals surface area contributed by atoms with Crippen molar-refractivity contribution in [3.05, 3.63) is 22.4 Å². The third-order valence-corrected chi connectivity index (χ3v) is 3.05. The fraction of sp³-hybridized carbons (Fsp3) is 0.545. The summed E-state index contributed by atoms with van der Waals surface area (Å²) in [5, 5.41) is 4.96. The summed E-state index contributed by atoms with van der Waals surface area (Å²) in [7, 11) is 0. The number of nitrogens with two attached hydrogens (primary N) is 1. The maximum Gasteiger partial charge on any atom is 0.221 e. The molecule has 3 nitrogen and oxygen atoms in total. The Bertz CT molecular complexity index is 285. The molecule has 1 atom stereocenters. The molecule has 4 heteroatoms. The van der Waals surface area contributed by atoms with Crippen molar-refractivity contribution in [1.29, 1.82) is 0 Å². The second-order valence-corrected chi connectivity index (χ2v) is 4.76. The summed E-state index contributed by atoms with van der Waals surface area (Å²) in [6, 6.07) is 4.18. The topological polar surface area (TPSA) is 55.1 Å². The van der Waals surface area contributed by atoms with Gasteiger partial charge in [-0.25, -0.2) is 0 Å². The number of amides is 1. The molecule has 1 rings (SSSR count). The van der Waals surface area contributed by atoms with Gasteiger partial charge in [0.25, 0.3) is 0 Å². The van der Waals surface area contributed by atoms with Crippen LogP contribution >= 0.6 is 11.3 Å². The zero-order chi connectivity index (χ0) is 11.1. The third-order valence-electron chi connectivity index (χ3n) is 2.15. The Morgan fingerprint density at radius 2 is 2.47 bits per heavy atom. The average molecular weight is 226 g/mol. The van der Waals surface area contributed by atoms with Crippen molar-refractivity contribution in [1.82, 2.24) is 5.32 Å². The Kier molecular flexibility index (Phi) is 5.36. The molecule has 0 aliphatic heterocycles. The van der Waals surface area contributed by atoms with Gasteiger partial charge in [-0.05, 0) is 23.8 Å². The lowest BCUT2D eigenvalue weighted by Crippen LogP contribution is -2.30. The van der Waals surface area contributed by atoms with Gasteiger partial charge in [0.15, 0.2) is 0 Å². The summed E-state index contributed by atoms with van der Waals surface area (Å²) in [6.45, 7) is 3.30. The smallest absolute Gasteiger partial charge is 0.221 e. The molecule has 84 valence electrons. The zero-order valence-corrected chi connectivity index (χ0v) is 9.85. The molecule has 0 radical (unpaired) electrons. The van der Waals surface area contributed by atoms with E-state index in [-0.39, 0.29) is 5.91 Å². The molecular formula is C11H18N2OS. The van der Waals surface area contributed by atoms with Crippen LogP contribution in [0.4, 0.5) is 0 Å². The van der Waals surface area contributed by atoms with E-state index in [9.17, 15) is 4.79 Å². The van der Waals surface area contributed by atoms with Gasteiger partial charge in [0, 0.05) is 24.4 Å². The second kappa shape index (κ2) is 6.58. The van der Waals surface area contributed by atoms with Crippen LogP contribution in [-0.2, 0) is 11.2 Å². The number of carbonyl (C=O) groups excluding carboxylic acids is 1. The fourth-order valence-corrected chi connectivity index (χ4v) is 2.22. The number of hydrogen-bond donors (Lipinski definition) is 2. The Labute approximate surface area is 94.7 Å². The van der Waals surface area contributed by atoms with Gasteiger partial charge in [-0.3, -0.25) is 4.79 Å². The largest absolute Gasteiger partial charge is 0.356 e. The predicted octanol–water partition coefficient (Wildman–Crippen LogP) is 1.39. The first-order valence-electron chi connectivity index (χ1n) is 5.21. The van der Waals surface area contributed by atoms with Crippen LogP contribution in [-0.4, -0.2) is 19.0 Å². The quantitative estimate of drug-likeness (QED) is 0.770. The van der Waals surface area contributed by atoms with Gasteiger partial charge in [-0.15, -0.1) is 11.3 Å². The predicted molar refractivity (Wildman–Crippen MR) is 63.9 cm³/mol. The van der Waals surface area contributed by atoms with Crippen molar-refractivity contribution in [2.45, 2.75) is 19.8 Å². The highest BCUT2D eigenvalue weighted by Gasteiger charge is 2.06. The van der Waals surface area contributed by atoms with E-state index in [2.05, 4.69) is 29.8 Å². The van der Waals surface area contributed by atoms with E-state index in [1.807, 2.05) is 0 Å². The highest BCUT2D eigenvalue weighted by atomic mass is 32.1. The summed E-state index contributed by atoms with van der Waals surface area (Å²) in [5.74, 6) is 0.529. The van der Waals surface area contributed by atoms with Crippen LogP contribution < -0.4 is 11.1 Å². The normalized spacial score (nSPS) is 12.4. The highest BCUT2D eigenvalue weighted by molar-refractivity contribution is 7.09. The molecule has 0 fully saturated rings. The lowest BCUT2D eigenvalue weighted by molar-refractivity contribution is -0.121. The van der Waals surface area contributed by atoms with E-state index in [0.717, 1.165) is 13.0 Å². The minimum Gasteiger partial charge on any atom is -0.356 e. The molecule has 0 aromatic carbocycles. The van der Waals surface area contributed by atoms with Crippen molar-refractivity contribution in [2.24, 2.45) is 11.7 Å². The van der Waals surface area contributed by atoms with E-state index >= 15 is 0 Å². The van der Waals surface area contributed by atoms with Crippen LogP contribution in [0.3, 0.4) is 0 Å². The summed E-state index contributed by atoms with van der Waals surface area (Å²) >= 11 is 1.76. The highest BCUT2D eigenvalue weighted by Crippen LogP contribution is 2.13. The molecule has 0 aliphatic rings. The van der Waals surface area contributed by atoms with Crippen LogP contribution in [0.15, 0.2) is 17.5 Å².